The summed E-state index contributed by atoms with van der Waals surface area (Å²) in [6.45, 7) is 3.56. The first-order chi connectivity index (χ1) is 10.8. The molecule has 1 aliphatic heterocycles. The number of likely N-dealkylation sites (N-methyl/N-ethyl adjacent to an activating group) is 1. The van der Waals surface area contributed by atoms with Gasteiger partial charge in [0, 0.05) is 24.8 Å². The zero-order valence-electron chi connectivity index (χ0n) is 13.9. The van der Waals surface area contributed by atoms with E-state index < -0.39 is 9.84 Å². The lowest BCUT2D eigenvalue weighted by Gasteiger charge is -2.32. The van der Waals surface area contributed by atoms with Gasteiger partial charge in [-0.1, -0.05) is 18.2 Å². The second-order valence-electron chi connectivity index (χ2n) is 6.30. The van der Waals surface area contributed by atoms with E-state index in [1.165, 1.54) is 0 Å². The minimum atomic E-state index is -2.94. The van der Waals surface area contributed by atoms with Crippen LogP contribution < -0.4 is 5.32 Å². The maximum absolute atomic E-state index is 11.8. The molecular formula is C16H25N3O2S2. The van der Waals surface area contributed by atoms with Gasteiger partial charge < -0.3 is 15.1 Å². The van der Waals surface area contributed by atoms with E-state index in [9.17, 15) is 8.42 Å². The minimum Gasteiger partial charge on any atom is -0.344 e. The van der Waals surface area contributed by atoms with E-state index in [4.69, 9.17) is 12.2 Å². The van der Waals surface area contributed by atoms with Crippen LogP contribution in [0.25, 0.3) is 0 Å². The van der Waals surface area contributed by atoms with E-state index in [0.29, 0.717) is 18.1 Å². The lowest BCUT2D eigenvalue weighted by atomic mass is 10.2. The predicted molar refractivity (Wildman–Crippen MR) is 99.7 cm³/mol. The highest BCUT2D eigenvalue weighted by molar-refractivity contribution is 7.91. The van der Waals surface area contributed by atoms with E-state index >= 15 is 0 Å². The van der Waals surface area contributed by atoms with Crippen LogP contribution in [0.1, 0.15) is 12.0 Å². The molecule has 23 heavy (non-hydrogen) atoms. The van der Waals surface area contributed by atoms with Crippen molar-refractivity contribution >= 4 is 32.9 Å². The summed E-state index contributed by atoms with van der Waals surface area (Å²) in [6.07, 6.45) is 0.644. The van der Waals surface area contributed by atoms with E-state index in [2.05, 4.69) is 10.2 Å². The van der Waals surface area contributed by atoms with Crippen molar-refractivity contribution in [2.75, 3.05) is 44.0 Å². The first kappa shape index (κ1) is 18.2. The summed E-state index contributed by atoms with van der Waals surface area (Å²) in [5.74, 6) is 0.444. The third-order valence-electron chi connectivity index (χ3n) is 4.08. The van der Waals surface area contributed by atoms with Gasteiger partial charge in [-0.2, -0.15) is 0 Å². The van der Waals surface area contributed by atoms with Gasteiger partial charge in [-0.15, -0.1) is 0 Å². The highest BCUT2D eigenvalue weighted by Gasteiger charge is 2.33. The maximum Gasteiger partial charge on any atom is 0.173 e. The van der Waals surface area contributed by atoms with Gasteiger partial charge in [-0.3, -0.25) is 0 Å². The quantitative estimate of drug-likeness (QED) is 0.812. The average molecular weight is 356 g/mol. The van der Waals surface area contributed by atoms with Crippen LogP contribution in [0.3, 0.4) is 0 Å². The standard InChI is InChI=1S/C16H25N3O2S2/c1-13-6-4-5-7-15(13)17-16(22)19(10-9-18(2)3)14-8-11-23(20,21)12-14/h4-7,14H,8-12H2,1-3H3,(H,17,22)/t14-/m1/s1. The Hall–Kier alpha value is -1.18. The predicted octanol–water partition coefficient (Wildman–Crippen LogP) is 1.74. The largest absolute Gasteiger partial charge is 0.344 e. The second-order valence-corrected chi connectivity index (χ2v) is 8.91. The van der Waals surface area contributed by atoms with Crippen LogP contribution in [0.2, 0.25) is 0 Å². The molecule has 5 nitrogen and oxygen atoms in total. The first-order valence-corrected chi connectivity index (χ1v) is 10.00. The van der Waals surface area contributed by atoms with Crippen molar-refractivity contribution in [2.45, 2.75) is 19.4 Å². The monoisotopic (exact) mass is 355 g/mol. The third kappa shape index (κ3) is 5.16. The Morgan fingerprint density at radius 3 is 2.57 bits per heavy atom. The molecule has 0 saturated carbocycles. The Kier molecular flexibility index (Phi) is 6.00. The SMILES string of the molecule is Cc1ccccc1NC(=S)N(CCN(C)C)[C@@H]1CCS(=O)(=O)C1. The molecule has 1 atom stereocenters. The lowest BCUT2D eigenvalue weighted by molar-refractivity contribution is 0.289. The molecule has 2 rings (SSSR count). The van der Waals surface area contributed by atoms with Crippen molar-refractivity contribution in [3.05, 3.63) is 29.8 Å². The fraction of sp³-hybridized carbons (Fsp3) is 0.562. The van der Waals surface area contributed by atoms with Crippen LogP contribution in [0.5, 0.6) is 0 Å². The molecule has 1 saturated heterocycles. The van der Waals surface area contributed by atoms with Gasteiger partial charge in [-0.05, 0) is 51.3 Å². The van der Waals surface area contributed by atoms with Crippen LogP contribution in [0, 0.1) is 6.92 Å². The van der Waals surface area contributed by atoms with Crippen LogP contribution in [-0.2, 0) is 9.84 Å². The molecule has 0 aromatic heterocycles. The van der Waals surface area contributed by atoms with Crippen LogP contribution in [0.4, 0.5) is 5.69 Å². The Morgan fingerprint density at radius 1 is 1.30 bits per heavy atom. The minimum absolute atomic E-state index is 0.0380. The Balaban J connectivity index is 2.12. The van der Waals surface area contributed by atoms with Crippen molar-refractivity contribution in [1.82, 2.24) is 9.80 Å². The normalized spacial score (nSPS) is 19.7. The third-order valence-corrected chi connectivity index (χ3v) is 6.17. The molecule has 1 N–H and O–H groups in total. The van der Waals surface area contributed by atoms with Gasteiger partial charge in [-0.25, -0.2) is 8.42 Å². The molecule has 0 unspecified atom stereocenters. The molecule has 7 heteroatoms. The van der Waals surface area contributed by atoms with Crippen molar-refractivity contribution in [1.29, 1.82) is 0 Å². The molecule has 0 spiro atoms. The summed E-state index contributed by atoms with van der Waals surface area (Å²) >= 11 is 5.58. The Labute approximate surface area is 144 Å². The molecule has 1 aromatic carbocycles. The summed E-state index contributed by atoms with van der Waals surface area (Å²) in [6, 6.07) is 7.91. The van der Waals surface area contributed by atoms with Crippen LogP contribution in [0.15, 0.2) is 24.3 Å². The number of anilines is 1. The highest BCUT2D eigenvalue weighted by atomic mass is 32.2. The van der Waals surface area contributed by atoms with Gasteiger partial charge in [0.2, 0.25) is 0 Å². The van der Waals surface area contributed by atoms with Crippen molar-refractivity contribution in [3.63, 3.8) is 0 Å². The van der Waals surface area contributed by atoms with E-state index in [-0.39, 0.29) is 17.5 Å². The number of nitrogens with one attached hydrogen (secondary N) is 1. The summed E-state index contributed by atoms with van der Waals surface area (Å²) < 4.78 is 23.6. The number of sulfone groups is 1. The number of hydrogen-bond acceptors (Lipinski definition) is 4. The van der Waals surface area contributed by atoms with E-state index in [1.807, 2.05) is 50.2 Å². The molecule has 1 aromatic rings. The van der Waals surface area contributed by atoms with Crippen molar-refractivity contribution in [3.8, 4) is 0 Å². The summed E-state index contributed by atoms with van der Waals surface area (Å²) in [5.41, 5.74) is 2.08. The zero-order chi connectivity index (χ0) is 17.0. The Morgan fingerprint density at radius 2 is 2.00 bits per heavy atom. The molecule has 1 heterocycles. The molecule has 0 radical (unpaired) electrons. The number of benzene rings is 1. The van der Waals surface area contributed by atoms with Gasteiger partial charge in [0.05, 0.1) is 11.5 Å². The van der Waals surface area contributed by atoms with Gasteiger partial charge >= 0.3 is 0 Å². The summed E-state index contributed by atoms with van der Waals surface area (Å²) in [4.78, 5) is 4.11. The van der Waals surface area contributed by atoms with Crippen LogP contribution >= 0.6 is 12.2 Å². The summed E-state index contributed by atoms with van der Waals surface area (Å²) in [7, 11) is 1.07. The molecule has 1 aliphatic rings. The molecule has 0 aliphatic carbocycles. The molecule has 0 bridgehead atoms. The van der Waals surface area contributed by atoms with Crippen molar-refractivity contribution < 1.29 is 8.42 Å². The number of thiocarbonyl (C=S) groups is 1. The average Bonchev–Trinajstić information content (AvgIpc) is 2.81. The first-order valence-electron chi connectivity index (χ1n) is 7.77. The fourth-order valence-electron chi connectivity index (χ4n) is 2.68. The maximum atomic E-state index is 11.8. The molecule has 1 fully saturated rings. The number of hydrogen-bond donors (Lipinski definition) is 1. The van der Waals surface area contributed by atoms with Gasteiger partial charge in [0.15, 0.2) is 14.9 Å². The smallest absolute Gasteiger partial charge is 0.173 e. The number of aryl methyl sites for hydroxylation is 1. The molecule has 0 amide bonds. The zero-order valence-corrected chi connectivity index (χ0v) is 15.6. The highest BCUT2D eigenvalue weighted by Crippen LogP contribution is 2.20. The lowest BCUT2D eigenvalue weighted by Crippen LogP contribution is -2.46. The Bertz CT molecular complexity index is 659. The van der Waals surface area contributed by atoms with Crippen molar-refractivity contribution in [2.24, 2.45) is 0 Å². The fourth-order valence-corrected chi connectivity index (χ4v) is 4.76. The van der Waals surface area contributed by atoms with E-state index in [1.54, 1.807) is 0 Å². The van der Waals surface area contributed by atoms with E-state index in [0.717, 1.165) is 17.8 Å². The number of rotatable bonds is 5. The topological polar surface area (TPSA) is 52.6 Å². The van der Waals surface area contributed by atoms with Gasteiger partial charge in [0.25, 0.3) is 0 Å². The molecular weight excluding hydrogens is 330 g/mol. The van der Waals surface area contributed by atoms with Gasteiger partial charge in [0.1, 0.15) is 0 Å². The molecule has 128 valence electrons. The number of para-hydroxylation sites is 1. The van der Waals surface area contributed by atoms with Crippen LogP contribution in [-0.4, -0.2) is 68.1 Å². The summed E-state index contributed by atoms with van der Waals surface area (Å²) in [5, 5.41) is 3.88. The second kappa shape index (κ2) is 7.59. The number of nitrogens with zero attached hydrogens (tertiary/aromatic N) is 2.